The standard InChI is InChI=1S/C14H18ClNO4S/c1-3-21-7-6-11(14(18)19)16-13(17)10-8-9(15)4-5-12(10)20-2/h4-5,8,11H,3,6-7H2,1-2H3,(H,16,17)(H,18,19). The van der Waals surface area contributed by atoms with Gasteiger partial charge >= 0.3 is 5.97 Å². The summed E-state index contributed by atoms with van der Waals surface area (Å²) in [6.45, 7) is 2.00. The maximum absolute atomic E-state index is 12.2. The van der Waals surface area contributed by atoms with Crippen molar-refractivity contribution in [1.29, 1.82) is 0 Å². The summed E-state index contributed by atoms with van der Waals surface area (Å²) >= 11 is 7.49. The quantitative estimate of drug-likeness (QED) is 0.716. The molecule has 1 atom stereocenters. The van der Waals surface area contributed by atoms with Gasteiger partial charge in [-0.3, -0.25) is 4.79 Å². The highest BCUT2D eigenvalue weighted by Crippen LogP contribution is 2.22. The van der Waals surface area contributed by atoms with Crippen molar-refractivity contribution in [3.05, 3.63) is 28.8 Å². The maximum atomic E-state index is 12.2. The van der Waals surface area contributed by atoms with E-state index in [1.807, 2.05) is 6.92 Å². The summed E-state index contributed by atoms with van der Waals surface area (Å²) in [6, 6.07) is 3.69. The molecule has 1 aromatic carbocycles. The lowest BCUT2D eigenvalue weighted by Gasteiger charge is -2.15. The number of carboxylic acids is 1. The third-order valence-corrected chi connectivity index (χ3v) is 3.93. The van der Waals surface area contributed by atoms with Gasteiger partial charge in [-0.1, -0.05) is 18.5 Å². The maximum Gasteiger partial charge on any atom is 0.326 e. The summed E-state index contributed by atoms with van der Waals surface area (Å²) in [5.41, 5.74) is 0.222. The average Bonchev–Trinajstić information content (AvgIpc) is 2.46. The Morgan fingerprint density at radius 3 is 2.76 bits per heavy atom. The second-order valence-electron chi connectivity index (χ2n) is 4.19. The molecule has 1 unspecified atom stereocenters. The predicted molar refractivity (Wildman–Crippen MR) is 84.5 cm³/mol. The van der Waals surface area contributed by atoms with E-state index in [2.05, 4.69) is 5.32 Å². The van der Waals surface area contributed by atoms with E-state index in [9.17, 15) is 9.59 Å². The van der Waals surface area contributed by atoms with Crippen LogP contribution in [0.4, 0.5) is 0 Å². The molecule has 0 spiro atoms. The topological polar surface area (TPSA) is 75.6 Å². The number of carboxylic acid groups (broad SMARTS) is 1. The van der Waals surface area contributed by atoms with Crippen LogP contribution in [-0.2, 0) is 4.79 Å². The van der Waals surface area contributed by atoms with Gasteiger partial charge in [0.1, 0.15) is 11.8 Å². The van der Waals surface area contributed by atoms with Crippen molar-refractivity contribution in [2.75, 3.05) is 18.6 Å². The molecule has 7 heteroatoms. The minimum Gasteiger partial charge on any atom is -0.496 e. The van der Waals surface area contributed by atoms with E-state index < -0.39 is 17.9 Å². The number of thioether (sulfide) groups is 1. The monoisotopic (exact) mass is 331 g/mol. The SMILES string of the molecule is CCSCCC(NC(=O)c1cc(Cl)ccc1OC)C(=O)O. The molecular weight excluding hydrogens is 314 g/mol. The van der Waals surface area contributed by atoms with E-state index in [0.717, 1.165) is 5.75 Å². The van der Waals surface area contributed by atoms with E-state index in [1.54, 1.807) is 23.9 Å². The molecule has 0 radical (unpaired) electrons. The number of benzene rings is 1. The molecule has 2 N–H and O–H groups in total. The third kappa shape index (κ3) is 5.47. The highest BCUT2D eigenvalue weighted by atomic mass is 35.5. The Labute approximate surface area is 133 Å². The summed E-state index contributed by atoms with van der Waals surface area (Å²) in [7, 11) is 1.44. The van der Waals surface area contributed by atoms with Gasteiger partial charge in [0, 0.05) is 5.02 Å². The van der Waals surface area contributed by atoms with Gasteiger partial charge in [-0.05, 0) is 36.1 Å². The van der Waals surface area contributed by atoms with Crippen molar-refractivity contribution in [1.82, 2.24) is 5.32 Å². The Hall–Kier alpha value is -1.40. The minimum atomic E-state index is -1.05. The summed E-state index contributed by atoms with van der Waals surface area (Å²) in [6.07, 6.45) is 0.364. The van der Waals surface area contributed by atoms with Gasteiger partial charge in [0.15, 0.2) is 0 Å². The van der Waals surface area contributed by atoms with Gasteiger partial charge in [-0.25, -0.2) is 4.79 Å². The molecule has 0 heterocycles. The van der Waals surface area contributed by atoms with Crippen LogP contribution in [0.2, 0.25) is 5.02 Å². The lowest BCUT2D eigenvalue weighted by Crippen LogP contribution is -2.41. The molecule has 116 valence electrons. The number of hydrogen-bond acceptors (Lipinski definition) is 4. The van der Waals surface area contributed by atoms with Gasteiger partial charge in [0.2, 0.25) is 0 Å². The smallest absolute Gasteiger partial charge is 0.326 e. The molecule has 0 aliphatic carbocycles. The fourth-order valence-electron chi connectivity index (χ4n) is 1.70. The molecule has 0 aliphatic rings. The van der Waals surface area contributed by atoms with Crippen LogP contribution in [0.25, 0.3) is 0 Å². The number of aliphatic carboxylic acids is 1. The van der Waals surface area contributed by atoms with Crippen molar-refractivity contribution < 1.29 is 19.4 Å². The number of carbonyl (C=O) groups excluding carboxylic acids is 1. The van der Waals surface area contributed by atoms with E-state index in [-0.39, 0.29) is 5.56 Å². The minimum absolute atomic E-state index is 0.222. The van der Waals surface area contributed by atoms with Crippen LogP contribution < -0.4 is 10.1 Å². The molecular formula is C14H18ClNO4S. The fourth-order valence-corrected chi connectivity index (χ4v) is 2.56. The highest BCUT2D eigenvalue weighted by Gasteiger charge is 2.22. The van der Waals surface area contributed by atoms with Crippen LogP contribution in [0, 0.1) is 0 Å². The first-order valence-corrected chi connectivity index (χ1v) is 7.97. The largest absolute Gasteiger partial charge is 0.496 e. The molecule has 0 saturated heterocycles. The molecule has 0 fully saturated rings. The Balaban J connectivity index is 2.81. The van der Waals surface area contributed by atoms with Crippen molar-refractivity contribution >= 4 is 35.2 Å². The lowest BCUT2D eigenvalue weighted by atomic mass is 10.1. The van der Waals surface area contributed by atoms with E-state index in [1.165, 1.54) is 13.2 Å². The molecule has 1 amide bonds. The number of nitrogens with one attached hydrogen (secondary N) is 1. The van der Waals surface area contributed by atoms with E-state index in [4.69, 9.17) is 21.4 Å². The normalized spacial score (nSPS) is 11.8. The Bertz CT molecular complexity index is 510. The second kappa shape index (κ2) is 8.79. The van der Waals surface area contributed by atoms with Crippen LogP contribution in [0.15, 0.2) is 18.2 Å². The Morgan fingerprint density at radius 1 is 1.48 bits per heavy atom. The summed E-state index contributed by atoms with van der Waals surface area (Å²) < 4.78 is 5.09. The first-order valence-electron chi connectivity index (χ1n) is 6.44. The number of hydrogen-bond donors (Lipinski definition) is 2. The van der Waals surface area contributed by atoms with Crippen LogP contribution in [0.5, 0.6) is 5.75 Å². The summed E-state index contributed by atoms with van der Waals surface area (Å²) in [5, 5.41) is 12.1. The number of halogens is 1. The van der Waals surface area contributed by atoms with Crippen LogP contribution in [0.3, 0.4) is 0 Å². The predicted octanol–water partition coefficient (Wildman–Crippen LogP) is 2.67. The molecule has 0 saturated carbocycles. The molecule has 21 heavy (non-hydrogen) atoms. The number of rotatable bonds is 8. The molecule has 1 rings (SSSR count). The fraction of sp³-hybridized carbons (Fsp3) is 0.429. The van der Waals surface area contributed by atoms with Crippen molar-refractivity contribution in [3.63, 3.8) is 0 Å². The third-order valence-electron chi connectivity index (χ3n) is 2.76. The molecule has 5 nitrogen and oxygen atoms in total. The number of carbonyl (C=O) groups is 2. The Morgan fingerprint density at radius 2 is 2.19 bits per heavy atom. The van der Waals surface area contributed by atoms with E-state index in [0.29, 0.717) is 22.9 Å². The zero-order valence-corrected chi connectivity index (χ0v) is 13.5. The molecule has 0 bridgehead atoms. The first-order chi connectivity index (χ1) is 9.99. The second-order valence-corrected chi connectivity index (χ2v) is 6.02. The lowest BCUT2D eigenvalue weighted by molar-refractivity contribution is -0.139. The first kappa shape index (κ1) is 17.7. The Kier molecular flexibility index (Phi) is 7.39. The van der Waals surface area contributed by atoms with Crippen molar-refractivity contribution in [2.45, 2.75) is 19.4 Å². The summed E-state index contributed by atoms with van der Waals surface area (Å²) in [5.74, 6) is 0.358. The summed E-state index contributed by atoms with van der Waals surface area (Å²) in [4.78, 5) is 23.4. The van der Waals surface area contributed by atoms with E-state index >= 15 is 0 Å². The zero-order valence-electron chi connectivity index (χ0n) is 11.9. The van der Waals surface area contributed by atoms with Crippen LogP contribution >= 0.6 is 23.4 Å². The highest BCUT2D eigenvalue weighted by molar-refractivity contribution is 7.99. The number of methoxy groups -OCH3 is 1. The molecule has 0 aliphatic heterocycles. The number of amides is 1. The van der Waals surface area contributed by atoms with Gasteiger partial charge < -0.3 is 15.2 Å². The van der Waals surface area contributed by atoms with Crippen LogP contribution in [0.1, 0.15) is 23.7 Å². The van der Waals surface area contributed by atoms with Gasteiger partial charge in [0.25, 0.3) is 5.91 Å². The van der Waals surface area contributed by atoms with Crippen LogP contribution in [-0.4, -0.2) is 41.6 Å². The van der Waals surface area contributed by atoms with Crippen molar-refractivity contribution in [2.24, 2.45) is 0 Å². The van der Waals surface area contributed by atoms with Gasteiger partial charge in [-0.2, -0.15) is 11.8 Å². The van der Waals surface area contributed by atoms with Crippen molar-refractivity contribution in [3.8, 4) is 5.75 Å². The molecule has 0 aromatic heterocycles. The average molecular weight is 332 g/mol. The molecule has 1 aromatic rings. The van der Waals surface area contributed by atoms with Gasteiger partial charge in [-0.15, -0.1) is 0 Å². The number of ether oxygens (including phenoxy) is 1. The van der Waals surface area contributed by atoms with Gasteiger partial charge in [0.05, 0.1) is 12.7 Å². The zero-order chi connectivity index (χ0) is 15.8.